The van der Waals surface area contributed by atoms with Gasteiger partial charge in [-0.25, -0.2) is 0 Å². The molecule has 0 N–H and O–H groups in total. The van der Waals surface area contributed by atoms with Crippen LogP contribution in [0.25, 0.3) is 17.4 Å². The number of carbonyl (C=O) groups excluding carboxylic acids is 1. The molecule has 1 fully saturated rings. The van der Waals surface area contributed by atoms with Crippen molar-refractivity contribution in [3.05, 3.63) is 93.1 Å². The molecule has 4 rings (SSSR count). The highest BCUT2D eigenvalue weighted by atomic mass is 32.2. The third-order valence-electron chi connectivity index (χ3n) is 4.73. The van der Waals surface area contributed by atoms with Crippen LogP contribution in [0.2, 0.25) is 0 Å². The van der Waals surface area contributed by atoms with Crippen molar-refractivity contribution >= 4 is 46.0 Å². The first-order chi connectivity index (χ1) is 14.4. The van der Waals surface area contributed by atoms with Crippen molar-refractivity contribution < 1.29 is 14.1 Å². The average molecular weight is 437 g/mol. The van der Waals surface area contributed by atoms with Crippen LogP contribution in [0.4, 0.5) is 5.69 Å². The van der Waals surface area contributed by atoms with Crippen molar-refractivity contribution in [1.29, 1.82) is 0 Å². The first kappa shape index (κ1) is 20.1. The number of thioether (sulfide) groups is 1. The molecule has 0 radical (unpaired) electrons. The number of thiocarbonyl (C=S) groups is 1. The van der Waals surface area contributed by atoms with Gasteiger partial charge in [0, 0.05) is 23.8 Å². The van der Waals surface area contributed by atoms with Gasteiger partial charge in [-0.15, -0.1) is 0 Å². The van der Waals surface area contributed by atoms with Crippen LogP contribution in [0, 0.1) is 10.1 Å². The number of nitro benzene ring substituents is 1. The van der Waals surface area contributed by atoms with Gasteiger partial charge in [-0.2, -0.15) is 0 Å². The fraction of sp³-hybridized carbons (Fsp3) is 0.0909. The molecule has 8 heteroatoms. The number of hydrogen-bond donors (Lipinski definition) is 0. The predicted molar refractivity (Wildman–Crippen MR) is 121 cm³/mol. The monoisotopic (exact) mass is 436 g/mol. The minimum atomic E-state index is -0.452. The Kier molecular flexibility index (Phi) is 5.52. The lowest BCUT2D eigenvalue weighted by molar-refractivity contribution is -0.384. The zero-order valence-corrected chi connectivity index (χ0v) is 17.5. The molecular formula is C22H16N2O4S2. The van der Waals surface area contributed by atoms with E-state index in [2.05, 4.69) is 0 Å². The van der Waals surface area contributed by atoms with Crippen LogP contribution >= 0.6 is 24.0 Å². The quantitative estimate of drug-likeness (QED) is 0.217. The Hall–Kier alpha value is -3.23. The smallest absolute Gasteiger partial charge is 0.270 e. The van der Waals surface area contributed by atoms with Crippen LogP contribution in [0.1, 0.15) is 24.3 Å². The molecule has 1 unspecified atom stereocenters. The number of carbonyl (C=O) groups is 1. The zero-order chi connectivity index (χ0) is 21.3. The molecule has 0 bridgehead atoms. The Morgan fingerprint density at radius 3 is 2.63 bits per heavy atom. The molecule has 2 heterocycles. The van der Waals surface area contributed by atoms with Crippen molar-refractivity contribution in [1.82, 2.24) is 4.90 Å². The van der Waals surface area contributed by atoms with Crippen molar-refractivity contribution in [2.75, 3.05) is 0 Å². The largest absolute Gasteiger partial charge is 0.457 e. The van der Waals surface area contributed by atoms with Crippen molar-refractivity contribution in [3.63, 3.8) is 0 Å². The van der Waals surface area contributed by atoms with E-state index in [-0.39, 0.29) is 17.6 Å². The van der Waals surface area contributed by atoms with E-state index in [4.69, 9.17) is 16.6 Å². The number of nitro groups is 1. The number of furan rings is 1. The highest BCUT2D eigenvalue weighted by molar-refractivity contribution is 8.26. The predicted octanol–water partition coefficient (Wildman–Crippen LogP) is 5.82. The Morgan fingerprint density at radius 2 is 1.90 bits per heavy atom. The number of benzene rings is 2. The van der Waals surface area contributed by atoms with Gasteiger partial charge >= 0.3 is 0 Å². The number of non-ortho nitro benzene ring substituents is 1. The lowest BCUT2D eigenvalue weighted by Gasteiger charge is -2.23. The molecular weight excluding hydrogens is 420 g/mol. The van der Waals surface area contributed by atoms with Gasteiger partial charge in [0.25, 0.3) is 11.6 Å². The summed E-state index contributed by atoms with van der Waals surface area (Å²) >= 11 is 6.67. The third-order valence-corrected chi connectivity index (χ3v) is 6.06. The first-order valence-corrected chi connectivity index (χ1v) is 10.3. The summed E-state index contributed by atoms with van der Waals surface area (Å²) in [4.78, 5) is 25.6. The molecule has 0 aliphatic carbocycles. The maximum absolute atomic E-state index is 13.0. The van der Waals surface area contributed by atoms with E-state index in [0.29, 0.717) is 26.3 Å². The summed E-state index contributed by atoms with van der Waals surface area (Å²) in [6.07, 6.45) is 1.65. The second-order valence-corrected chi connectivity index (χ2v) is 8.32. The molecule has 30 heavy (non-hydrogen) atoms. The van der Waals surface area contributed by atoms with Gasteiger partial charge in [-0.3, -0.25) is 19.8 Å². The maximum atomic E-state index is 13.0. The number of hydrogen-bond acceptors (Lipinski definition) is 6. The van der Waals surface area contributed by atoms with Gasteiger partial charge in [-0.05, 0) is 24.6 Å². The molecule has 1 atom stereocenters. The second kappa shape index (κ2) is 8.25. The van der Waals surface area contributed by atoms with E-state index < -0.39 is 4.92 Å². The van der Waals surface area contributed by atoms with Crippen LogP contribution in [0.15, 0.2) is 76.1 Å². The Bertz CT molecular complexity index is 1170. The Balaban J connectivity index is 1.58. The summed E-state index contributed by atoms with van der Waals surface area (Å²) in [7, 11) is 0. The average Bonchev–Trinajstić information content (AvgIpc) is 3.33. The molecule has 0 saturated carbocycles. The van der Waals surface area contributed by atoms with E-state index in [1.807, 2.05) is 37.3 Å². The Labute approximate surface area is 182 Å². The van der Waals surface area contributed by atoms with Gasteiger partial charge < -0.3 is 4.42 Å². The van der Waals surface area contributed by atoms with E-state index in [0.717, 1.165) is 5.56 Å². The van der Waals surface area contributed by atoms with Crippen LogP contribution in [-0.2, 0) is 4.79 Å². The van der Waals surface area contributed by atoms with Crippen LogP contribution in [0.5, 0.6) is 0 Å². The zero-order valence-electron chi connectivity index (χ0n) is 15.8. The van der Waals surface area contributed by atoms with Crippen LogP contribution < -0.4 is 0 Å². The molecule has 1 aliphatic rings. The SMILES string of the molecule is CC(c1ccccc1)N1C(=O)C(=Cc2ccc(-c3cccc([N+](=O)[O-])c3)o2)SC1=S. The summed E-state index contributed by atoms with van der Waals surface area (Å²) in [5, 5.41) is 11.0. The van der Waals surface area contributed by atoms with Gasteiger partial charge in [0.2, 0.25) is 0 Å². The van der Waals surface area contributed by atoms with Crippen molar-refractivity contribution in [2.45, 2.75) is 13.0 Å². The van der Waals surface area contributed by atoms with Crippen molar-refractivity contribution in [3.8, 4) is 11.3 Å². The molecule has 1 aromatic heterocycles. The topological polar surface area (TPSA) is 76.6 Å². The van der Waals surface area contributed by atoms with Crippen molar-refractivity contribution in [2.24, 2.45) is 0 Å². The van der Waals surface area contributed by atoms with Crippen LogP contribution in [-0.4, -0.2) is 20.1 Å². The second-order valence-electron chi connectivity index (χ2n) is 6.65. The molecule has 1 saturated heterocycles. The van der Waals surface area contributed by atoms with E-state index in [1.54, 1.807) is 35.2 Å². The number of rotatable bonds is 5. The standard InChI is InChI=1S/C22H16N2O4S2/c1-14(15-6-3-2-4-7-15)23-21(25)20(30-22(23)29)13-18-10-11-19(28-18)16-8-5-9-17(12-16)24(26)27/h2-14H,1H3. The highest BCUT2D eigenvalue weighted by Gasteiger charge is 2.36. The highest BCUT2D eigenvalue weighted by Crippen LogP contribution is 2.38. The summed E-state index contributed by atoms with van der Waals surface area (Å²) in [5.74, 6) is 0.789. The number of nitrogens with zero attached hydrogens (tertiary/aromatic N) is 2. The fourth-order valence-corrected chi connectivity index (χ4v) is 4.58. The summed E-state index contributed by atoms with van der Waals surface area (Å²) in [6, 6.07) is 19.2. The van der Waals surface area contributed by atoms with E-state index in [9.17, 15) is 14.9 Å². The molecule has 1 amide bonds. The minimum absolute atomic E-state index is 0.0128. The molecule has 6 nitrogen and oxygen atoms in total. The van der Waals surface area contributed by atoms with Gasteiger partial charge in [0.05, 0.1) is 15.9 Å². The molecule has 2 aromatic carbocycles. The maximum Gasteiger partial charge on any atom is 0.270 e. The number of amides is 1. The van der Waals surface area contributed by atoms with Crippen LogP contribution in [0.3, 0.4) is 0 Å². The molecule has 150 valence electrons. The molecule has 3 aromatic rings. The minimum Gasteiger partial charge on any atom is -0.457 e. The normalized spacial score (nSPS) is 16.3. The van der Waals surface area contributed by atoms with Gasteiger partial charge in [0.1, 0.15) is 15.8 Å². The summed E-state index contributed by atoms with van der Waals surface area (Å²) in [5.41, 5.74) is 1.58. The third kappa shape index (κ3) is 3.92. The molecule has 1 aliphatic heterocycles. The molecule has 0 spiro atoms. The summed E-state index contributed by atoms with van der Waals surface area (Å²) in [6.45, 7) is 1.94. The van der Waals surface area contributed by atoms with Gasteiger partial charge in [-0.1, -0.05) is 66.4 Å². The van der Waals surface area contributed by atoms with Gasteiger partial charge in [0.15, 0.2) is 0 Å². The van der Waals surface area contributed by atoms with E-state index >= 15 is 0 Å². The fourth-order valence-electron chi connectivity index (χ4n) is 3.18. The lowest BCUT2D eigenvalue weighted by atomic mass is 10.1. The lowest BCUT2D eigenvalue weighted by Crippen LogP contribution is -2.30. The van der Waals surface area contributed by atoms with E-state index in [1.165, 1.54) is 23.9 Å². The summed E-state index contributed by atoms with van der Waals surface area (Å²) < 4.78 is 6.30. The Morgan fingerprint density at radius 1 is 1.13 bits per heavy atom. The first-order valence-electron chi connectivity index (χ1n) is 9.11.